The number of nitrogens with zero attached hydrogens (tertiary/aromatic N) is 1. The third-order valence-corrected chi connectivity index (χ3v) is 3.94. The zero-order valence-corrected chi connectivity index (χ0v) is 10.5. The van der Waals surface area contributed by atoms with E-state index in [2.05, 4.69) is 5.32 Å². The summed E-state index contributed by atoms with van der Waals surface area (Å²) in [5.41, 5.74) is 1.12. The van der Waals surface area contributed by atoms with E-state index in [0.29, 0.717) is 6.04 Å². The lowest BCUT2D eigenvalue weighted by Gasteiger charge is -2.13. The molecule has 1 aromatic carbocycles. The van der Waals surface area contributed by atoms with Crippen molar-refractivity contribution in [1.29, 1.82) is 5.26 Å². The number of benzene rings is 1. The van der Waals surface area contributed by atoms with E-state index in [0.717, 1.165) is 17.9 Å². The Hall–Kier alpha value is -1.18. The molecule has 2 rings (SSSR count). The van der Waals surface area contributed by atoms with Gasteiger partial charge in [-0.2, -0.15) is 17.0 Å². The van der Waals surface area contributed by atoms with E-state index in [9.17, 15) is 0 Å². The van der Waals surface area contributed by atoms with Crippen LogP contribution in [0.2, 0.25) is 0 Å². The molecule has 1 heterocycles. The van der Waals surface area contributed by atoms with Gasteiger partial charge in [-0.25, -0.2) is 0 Å². The molecule has 0 saturated carbocycles. The number of ether oxygens (including phenoxy) is 1. The summed E-state index contributed by atoms with van der Waals surface area (Å²) in [4.78, 5) is 0. The van der Waals surface area contributed by atoms with Crippen LogP contribution in [-0.2, 0) is 6.54 Å². The second-order valence-corrected chi connectivity index (χ2v) is 5.15. The quantitative estimate of drug-likeness (QED) is 0.867. The minimum atomic E-state index is 0.107. The number of hydrogen-bond acceptors (Lipinski definition) is 4. The second-order valence-electron chi connectivity index (χ2n) is 4.00. The van der Waals surface area contributed by atoms with E-state index < -0.39 is 0 Å². The van der Waals surface area contributed by atoms with Gasteiger partial charge in [0.2, 0.25) is 0 Å². The fourth-order valence-corrected chi connectivity index (χ4v) is 3.04. The lowest BCUT2D eigenvalue weighted by atomic mass is 10.2. The summed E-state index contributed by atoms with van der Waals surface area (Å²) in [7, 11) is 0. The van der Waals surface area contributed by atoms with Gasteiger partial charge in [-0.1, -0.05) is 18.2 Å². The lowest BCUT2D eigenvalue weighted by molar-refractivity contribution is 0.361. The average Bonchev–Trinajstić information content (AvgIpc) is 2.88. The molecule has 1 atom stereocenters. The van der Waals surface area contributed by atoms with Crippen LogP contribution in [0.4, 0.5) is 0 Å². The number of nitrogens with one attached hydrogen (secondary N) is 1. The average molecular weight is 248 g/mol. The molecule has 1 aliphatic heterocycles. The minimum absolute atomic E-state index is 0.107. The van der Waals surface area contributed by atoms with Gasteiger partial charge in [-0.15, -0.1) is 0 Å². The largest absolute Gasteiger partial charge is 0.478 e. The molecule has 1 aromatic rings. The highest BCUT2D eigenvalue weighted by molar-refractivity contribution is 7.99. The molecule has 1 N–H and O–H groups in total. The second kappa shape index (κ2) is 6.53. The van der Waals surface area contributed by atoms with Crippen LogP contribution in [0, 0.1) is 11.3 Å². The Labute approximate surface area is 106 Å². The monoisotopic (exact) mass is 248 g/mol. The van der Waals surface area contributed by atoms with Crippen molar-refractivity contribution in [2.45, 2.75) is 19.0 Å². The molecule has 0 radical (unpaired) electrons. The standard InChI is InChI=1S/C13H16N2OS/c14-6-7-16-13-4-2-1-3-11(13)9-15-12-5-8-17-10-12/h1-4,12,15H,5,7-10H2. The van der Waals surface area contributed by atoms with Crippen molar-refractivity contribution in [3.05, 3.63) is 29.8 Å². The van der Waals surface area contributed by atoms with E-state index in [1.165, 1.54) is 17.9 Å². The van der Waals surface area contributed by atoms with Crippen LogP contribution in [0.3, 0.4) is 0 Å². The van der Waals surface area contributed by atoms with Crippen molar-refractivity contribution in [2.75, 3.05) is 18.1 Å². The highest BCUT2D eigenvalue weighted by atomic mass is 32.2. The van der Waals surface area contributed by atoms with Crippen LogP contribution in [0.5, 0.6) is 5.75 Å². The Morgan fingerprint density at radius 2 is 2.35 bits per heavy atom. The predicted molar refractivity (Wildman–Crippen MR) is 70.1 cm³/mol. The Kier molecular flexibility index (Phi) is 4.72. The van der Waals surface area contributed by atoms with Crippen molar-refractivity contribution >= 4 is 11.8 Å². The van der Waals surface area contributed by atoms with Crippen molar-refractivity contribution in [1.82, 2.24) is 5.32 Å². The SMILES string of the molecule is N#CCOc1ccccc1CNC1CCSC1. The summed E-state index contributed by atoms with van der Waals surface area (Å²) >= 11 is 2.00. The summed E-state index contributed by atoms with van der Waals surface area (Å²) in [5, 5.41) is 12.1. The molecule has 0 aromatic heterocycles. The van der Waals surface area contributed by atoms with E-state index in [-0.39, 0.29) is 6.61 Å². The molecule has 0 aliphatic carbocycles. The van der Waals surface area contributed by atoms with Crippen LogP contribution in [0.1, 0.15) is 12.0 Å². The first-order chi connectivity index (χ1) is 8.40. The highest BCUT2D eigenvalue weighted by Crippen LogP contribution is 2.20. The van der Waals surface area contributed by atoms with Gasteiger partial charge in [-0.3, -0.25) is 0 Å². The van der Waals surface area contributed by atoms with Gasteiger partial charge in [0.1, 0.15) is 11.8 Å². The number of nitriles is 1. The first kappa shape index (κ1) is 12.3. The molecule has 0 bridgehead atoms. The number of para-hydroxylation sites is 1. The summed E-state index contributed by atoms with van der Waals surface area (Å²) in [5.74, 6) is 3.26. The summed E-state index contributed by atoms with van der Waals surface area (Å²) in [6.45, 7) is 0.920. The third-order valence-electron chi connectivity index (χ3n) is 2.78. The van der Waals surface area contributed by atoms with E-state index >= 15 is 0 Å². The summed E-state index contributed by atoms with van der Waals surface area (Å²) in [6, 6.07) is 10.5. The maximum atomic E-state index is 8.53. The first-order valence-electron chi connectivity index (χ1n) is 5.79. The zero-order valence-electron chi connectivity index (χ0n) is 9.69. The normalized spacial score (nSPS) is 18.9. The number of hydrogen-bond donors (Lipinski definition) is 1. The zero-order chi connectivity index (χ0) is 11.9. The topological polar surface area (TPSA) is 45.0 Å². The predicted octanol–water partition coefficient (Wildman–Crippen LogP) is 2.18. The van der Waals surface area contributed by atoms with Crippen LogP contribution in [0.25, 0.3) is 0 Å². The highest BCUT2D eigenvalue weighted by Gasteiger charge is 2.15. The Morgan fingerprint density at radius 3 is 3.12 bits per heavy atom. The van der Waals surface area contributed by atoms with Gasteiger partial charge in [0.25, 0.3) is 0 Å². The fourth-order valence-electron chi connectivity index (χ4n) is 1.85. The van der Waals surface area contributed by atoms with E-state index in [1.54, 1.807) is 0 Å². The fraction of sp³-hybridized carbons (Fsp3) is 0.462. The molecule has 1 aliphatic rings. The maximum absolute atomic E-state index is 8.53. The first-order valence-corrected chi connectivity index (χ1v) is 6.94. The van der Waals surface area contributed by atoms with Crippen LogP contribution in [0.15, 0.2) is 24.3 Å². The third kappa shape index (κ3) is 3.65. The van der Waals surface area contributed by atoms with Gasteiger partial charge in [-0.05, 0) is 18.2 Å². The molecule has 17 heavy (non-hydrogen) atoms. The van der Waals surface area contributed by atoms with Crippen LogP contribution < -0.4 is 10.1 Å². The molecule has 0 spiro atoms. The molecule has 1 fully saturated rings. The van der Waals surface area contributed by atoms with E-state index in [1.807, 2.05) is 42.1 Å². The van der Waals surface area contributed by atoms with Gasteiger partial charge in [0.05, 0.1) is 0 Å². The summed E-state index contributed by atoms with van der Waals surface area (Å²) < 4.78 is 5.40. The Morgan fingerprint density at radius 1 is 1.47 bits per heavy atom. The lowest BCUT2D eigenvalue weighted by Crippen LogP contribution is -2.28. The van der Waals surface area contributed by atoms with Gasteiger partial charge >= 0.3 is 0 Å². The van der Waals surface area contributed by atoms with Gasteiger partial charge < -0.3 is 10.1 Å². The van der Waals surface area contributed by atoms with Crippen LogP contribution in [-0.4, -0.2) is 24.2 Å². The molecular weight excluding hydrogens is 232 g/mol. The van der Waals surface area contributed by atoms with Crippen molar-refractivity contribution in [2.24, 2.45) is 0 Å². The van der Waals surface area contributed by atoms with E-state index in [4.69, 9.17) is 10.00 Å². The molecule has 3 nitrogen and oxygen atoms in total. The van der Waals surface area contributed by atoms with Crippen LogP contribution >= 0.6 is 11.8 Å². The van der Waals surface area contributed by atoms with Crippen molar-refractivity contribution < 1.29 is 4.74 Å². The number of thioether (sulfide) groups is 1. The molecular formula is C13H16N2OS. The molecule has 90 valence electrons. The van der Waals surface area contributed by atoms with Crippen molar-refractivity contribution in [3.8, 4) is 11.8 Å². The van der Waals surface area contributed by atoms with Gasteiger partial charge in [0, 0.05) is 23.9 Å². The number of rotatable bonds is 5. The molecule has 1 saturated heterocycles. The summed E-state index contributed by atoms with van der Waals surface area (Å²) in [6.07, 6.45) is 1.24. The van der Waals surface area contributed by atoms with Crippen molar-refractivity contribution in [3.63, 3.8) is 0 Å². The Balaban J connectivity index is 1.92. The molecule has 0 amide bonds. The maximum Gasteiger partial charge on any atom is 0.174 e. The molecule has 4 heteroatoms. The smallest absolute Gasteiger partial charge is 0.174 e. The minimum Gasteiger partial charge on any atom is -0.478 e. The molecule has 1 unspecified atom stereocenters. The Bertz CT molecular complexity index is 397. The van der Waals surface area contributed by atoms with Gasteiger partial charge in [0.15, 0.2) is 6.61 Å².